The van der Waals surface area contributed by atoms with E-state index in [1.54, 1.807) is 25.4 Å². The van der Waals surface area contributed by atoms with E-state index in [0.29, 0.717) is 28.5 Å². The van der Waals surface area contributed by atoms with E-state index in [1.165, 1.54) is 16.3 Å². The van der Waals surface area contributed by atoms with Crippen molar-refractivity contribution in [2.24, 2.45) is 7.05 Å². The molecule has 2 aromatic heterocycles. The molecule has 1 amide bonds. The Labute approximate surface area is 183 Å². The van der Waals surface area contributed by atoms with Gasteiger partial charge in [0.05, 0.1) is 12.4 Å². The average molecular weight is 435 g/mol. The Morgan fingerprint density at radius 3 is 2.61 bits per heavy atom. The third kappa shape index (κ3) is 4.49. The maximum atomic E-state index is 12.8. The van der Waals surface area contributed by atoms with Crippen molar-refractivity contribution in [1.82, 2.24) is 14.5 Å². The van der Waals surface area contributed by atoms with Crippen molar-refractivity contribution < 1.29 is 9.53 Å². The van der Waals surface area contributed by atoms with Gasteiger partial charge < -0.3 is 15.0 Å². The number of aromatic amines is 1. The topological polar surface area (TPSA) is 89.0 Å². The zero-order valence-electron chi connectivity index (χ0n) is 17.2. The number of hydrogen-bond donors (Lipinski definition) is 2. The summed E-state index contributed by atoms with van der Waals surface area (Å²) in [6, 6.07) is 17.0. The number of carbonyl (C=O) groups excluding carboxylic acids is 1. The molecule has 0 aliphatic heterocycles. The third-order valence-electron chi connectivity index (χ3n) is 4.73. The lowest BCUT2D eigenvalue weighted by molar-refractivity contribution is -0.113. The zero-order valence-corrected chi connectivity index (χ0v) is 18.0. The molecule has 2 N–H and O–H groups in total. The molecule has 2 aromatic carbocycles. The van der Waals surface area contributed by atoms with E-state index in [4.69, 9.17) is 4.74 Å². The SMILES string of the molecule is CCOc1ccc(NC(=O)CSc2nc3c(-c4ccccc4)c[nH]c3c(=O)n2C)cc1. The molecule has 2 heterocycles. The summed E-state index contributed by atoms with van der Waals surface area (Å²) < 4.78 is 6.87. The highest BCUT2D eigenvalue weighted by Gasteiger charge is 2.16. The molecule has 158 valence electrons. The maximum Gasteiger partial charge on any atom is 0.278 e. The molecule has 8 heteroatoms. The van der Waals surface area contributed by atoms with Crippen molar-refractivity contribution in [3.63, 3.8) is 0 Å². The van der Waals surface area contributed by atoms with Gasteiger partial charge in [-0.2, -0.15) is 0 Å². The summed E-state index contributed by atoms with van der Waals surface area (Å²) in [5.41, 5.74) is 3.38. The predicted molar refractivity (Wildman–Crippen MR) is 124 cm³/mol. The first-order valence-corrected chi connectivity index (χ1v) is 10.8. The Hall–Kier alpha value is -3.52. The number of anilines is 1. The van der Waals surface area contributed by atoms with Crippen molar-refractivity contribution in [2.75, 3.05) is 17.7 Å². The summed E-state index contributed by atoms with van der Waals surface area (Å²) in [4.78, 5) is 32.9. The number of hydrogen-bond acceptors (Lipinski definition) is 5. The van der Waals surface area contributed by atoms with Crippen LogP contribution >= 0.6 is 11.8 Å². The monoisotopic (exact) mass is 434 g/mol. The van der Waals surface area contributed by atoms with Gasteiger partial charge >= 0.3 is 0 Å². The lowest BCUT2D eigenvalue weighted by Gasteiger charge is -2.09. The van der Waals surface area contributed by atoms with E-state index in [9.17, 15) is 9.59 Å². The van der Waals surface area contributed by atoms with Crippen molar-refractivity contribution in [1.29, 1.82) is 0 Å². The van der Waals surface area contributed by atoms with Crippen molar-refractivity contribution in [3.8, 4) is 16.9 Å². The minimum Gasteiger partial charge on any atom is -0.494 e. The molecule has 7 nitrogen and oxygen atoms in total. The number of benzene rings is 2. The van der Waals surface area contributed by atoms with Gasteiger partial charge in [0.1, 0.15) is 16.8 Å². The summed E-state index contributed by atoms with van der Waals surface area (Å²) in [5.74, 6) is 0.702. The number of nitrogens with zero attached hydrogens (tertiary/aromatic N) is 2. The van der Waals surface area contributed by atoms with E-state index >= 15 is 0 Å². The first-order chi connectivity index (χ1) is 15.1. The molecule has 0 atom stereocenters. The second-order valence-electron chi connectivity index (χ2n) is 6.84. The first-order valence-electron chi connectivity index (χ1n) is 9.86. The second kappa shape index (κ2) is 9.09. The lowest BCUT2D eigenvalue weighted by Crippen LogP contribution is -2.21. The van der Waals surface area contributed by atoms with Gasteiger partial charge in [-0.25, -0.2) is 4.98 Å². The Balaban J connectivity index is 1.52. The number of thioether (sulfide) groups is 1. The summed E-state index contributed by atoms with van der Waals surface area (Å²) >= 11 is 1.22. The molecule has 0 spiro atoms. The minimum atomic E-state index is -0.180. The van der Waals surface area contributed by atoms with E-state index < -0.39 is 0 Å². The van der Waals surface area contributed by atoms with Crippen LogP contribution in [-0.4, -0.2) is 32.8 Å². The Bertz CT molecular complexity index is 1260. The van der Waals surface area contributed by atoms with Crippen LogP contribution in [0.2, 0.25) is 0 Å². The number of carbonyl (C=O) groups is 1. The molecule has 31 heavy (non-hydrogen) atoms. The Morgan fingerprint density at radius 1 is 1.16 bits per heavy atom. The normalized spacial score (nSPS) is 10.9. The number of amides is 1. The standard InChI is InChI=1S/C23H22N4O3S/c1-3-30-17-11-9-16(10-12-17)25-19(28)14-31-23-26-20-18(15-7-5-4-6-8-15)13-24-21(20)22(29)27(23)2/h4-13,24H,3,14H2,1-2H3,(H,25,28). The van der Waals surface area contributed by atoms with Gasteiger partial charge in [0.2, 0.25) is 5.91 Å². The van der Waals surface area contributed by atoms with Crippen LogP contribution in [0.3, 0.4) is 0 Å². The predicted octanol–water partition coefficient (Wildman–Crippen LogP) is 4.06. The maximum absolute atomic E-state index is 12.8. The first kappa shape index (κ1) is 20.7. The van der Waals surface area contributed by atoms with E-state index in [1.807, 2.05) is 49.4 Å². The van der Waals surface area contributed by atoms with Crippen molar-refractivity contribution in [2.45, 2.75) is 12.1 Å². The summed E-state index contributed by atoms with van der Waals surface area (Å²) in [5, 5.41) is 3.33. The zero-order chi connectivity index (χ0) is 21.8. The van der Waals surface area contributed by atoms with Crippen LogP contribution in [0.15, 0.2) is 70.7 Å². The molecule has 4 aromatic rings. The quantitative estimate of drug-likeness (QED) is 0.338. The highest BCUT2D eigenvalue weighted by molar-refractivity contribution is 7.99. The van der Waals surface area contributed by atoms with Crippen LogP contribution in [0, 0.1) is 0 Å². The van der Waals surface area contributed by atoms with Crippen molar-refractivity contribution >= 4 is 34.4 Å². The molecule has 0 saturated carbocycles. The van der Waals surface area contributed by atoms with Gasteiger partial charge in [0, 0.05) is 24.5 Å². The fourth-order valence-corrected chi connectivity index (χ4v) is 3.98. The Morgan fingerprint density at radius 2 is 1.90 bits per heavy atom. The number of nitrogens with one attached hydrogen (secondary N) is 2. The Kier molecular flexibility index (Phi) is 6.08. The number of H-pyrrole nitrogens is 1. The van der Waals surface area contributed by atoms with Crippen LogP contribution in [-0.2, 0) is 11.8 Å². The number of aromatic nitrogens is 3. The van der Waals surface area contributed by atoms with Gasteiger partial charge in [0.15, 0.2) is 5.16 Å². The fraction of sp³-hybridized carbons (Fsp3) is 0.174. The van der Waals surface area contributed by atoms with Crippen LogP contribution in [0.4, 0.5) is 5.69 Å². The number of ether oxygens (including phenoxy) is 1. The highest BCUT2D eigenvalue weighted by Crippen LogP contribution is 2.27. The van der Waals surface area contributed by atoms with Crippen molar-refractivity contribution in [3.05, 3.63) is 71.1 Å². The number of rotatable bonds is 7. The smallest absolute Gasteiger partial charge is 0.278 e. The molecule has 0 aliphatic carbocycles. The molecular weight excluding hydrogens is 412 g/mol. The van der Waals surface area contributed by atoms with Crippen LogP contribution in [0.5, 0.6) is 5.75 Å². The van der Waals surface area contributed by atoms with Gasteiger partial charge in [-0.1, -0.05) is 42.1 Å². The van der Waals surface area contributed by atoms with Gasteiger partial charge in [-0.05, 0) is 36.8 Å². The van der Waals surface area contributed by atoms with E-state index in [0.717, 1.165) is 16.9 Å². The average Bonchev–Trinajstić information content (AvgIpc) is 3.21. The van der Waals surface area contributed by atoms with Gasteiger partial charge in [0.25, 0.3) is 5.56 Å². The molecule has 0 bridgehead atoms. The highest BCUT2D eigenvalue weighted by atomic mass is 32.2. The molecule has 0 aliphatic rings. The summed E-state index contributed by atoms with van der Waals surface area (Å²) in [6.45, 7) is 2.51. The van der Waals surface area contributed by atoms with Crippen LogP contribution in [0.25, 0.3) is 22.2 Å². The molecule has 0 fully saturated rings. The fourth-order valence-electron chi connectivity index (χ4n) is 3.22. The number of fused-ring (bicyclic) bond motifs is 1. The third-order valence-corrected chi connectivity index (χ3v) is 5.76. The van der Waals surface area contributed by atoms with Crippen LogP contribution < -0.4 is 15.6 Å². The largest absolute Gasteiger partial charge is 0.494 e. The van der Waals surface area contributed by atoms with Gasteiger partial charge in [-0.3, -0.25) is 14.2 Å². The molecule has 0 saturated heterocycles. The summed E-state index contributed by atoms with van der Waals surface area (Å²) in [6.07, 6.45) is 1.79. The molecular formula is C23H22N4O3S. The van der Waals surface area contributed by atoms with Gasteiger partial charge in [-0.15, -0.1) is 0 Å². The van der Waals surface area contributed by atoms with E-state index in [-0.39, 0.29) is 17.2 Å². The van der Waals surface area contributed by atoms with Crippen LogP contribution in [0.1, 0.15) is 6.92 Å². The molecule has 0 radical (unpaired) electrons. The molecule has 4 rings (SSSR count). The minimum absolute atomic E-state index is 0.129. The van der Waals surface area contributed by atoms with E-state index in [2.05, 4.69) is 15.3 Å². The lowest BCUT2D eigenvalue weighted by atomic mass is 10.1. The molecule has 0 unspecified atom stereocenters. The summed E-state index contributed by atoms with van der Waals surface area (Å²) in [7, 11) is 1.66. The second-order valence-corrected chi connectivity index (χ2v) is 7.79.